The van der Waals surface area contributed by atoms with Crippen molar-refractivity contribution in [1.29, 1.82) is 0 Å². The maximum Gasteiger partial charge on any atom is 0.261 e. The van der Waals surface area contributed by atoms with Gasteiger partial charge in [-0.2, -0.15) is 0 Å². The minimum Gasteiger partial charge on any atom is -0.392 e. The highest BCUT2D eigenvalue weighted by Crippen LogP contribution is 2.39. The van der Waals surface area contributed by atoms with Crippen LogP contribution in [0.4, 0.5) is 0 Å². The lowest BCUT2D eigenvalue weighted by atomic mass is 9.99. The molecule has 0 bridgehead atoms. The lowest BCUT2D eigenvalue weighted by Gasteiger charge is -2.39. The van der Waals surface area contributed by atoms with Crippen LogP contribution in [-0.2, 0) is 22.6 Å². The first-order valence-electron chi connectivity index (χ1n) is 16.1. The molecule has 4 aliphatic heterocycles. The number of carbonyl (C=O) groups is 2. The molecule has 2 amide bonds. The van der Waals surface area contributed by atoms with E-state index >= 15 is 0 Å². The zero-order chi connectivity index (χ0) is 30.0. The summed E-state index contributed by atoms with van der Waals surface area (Å²) in [5.41, 5.74) is 4.66. The Morgan fingerprint density at radius 3 is 2.07 bits per heavy atom. The van der Waals surface area contributed by atoms with Gasteiger partial charge in [0.1, 0.15) is 0 Å². The Morgan fingerprint density at radius 2 is 1.39 bits per heavy atom. The second kappa shape index (κ2) is 12.9. The highest BCUT2D eigenvalue weighted by Gasteiger charge is 2.37. The molecule has 0 radical (unpaired) electrons. The number of nitrogens with zero attached hydrogens (tertiary/aromatic N) is 3. The van der Waals surface area contributed by atoms with Crippen LogP contribution in [0.3, 0.4) is 0 Å². The number of aliphatic hydroxyl groups excluding tert-OH is 1. The van der Waals surface area contributed by atoms with Crippen molar-refractivity contribution in [3.8, 4) is 0 Å². The van der Waals surface area contributed by atoms with Crippen molar-refractivity contribution in [2.75, 3.05) is 32.7 Å². The fourth-order valence-electron chi connectivity index (χ4n) is 7.25. The van der Waals surface area contributed by atoms with Crippen molar-refractivity contribution in [3.63, 3.8) is 0 Å². The van der Waals surface area contributed by atoms with E-state index in [1.54, 1.807) is 24.3 Å². The van der Waals surface area contributed by atoms with Gasteiger partial charge >= 0.3 is 0 Å². The van der Waals surface area contributed by atoms with Crippen molar-refractivity contribution in [2.45, 2.75) is 69.8 Å². The molecular formula is C36H41N3O5. The average Bonchev–Trinajstić information content (AvgIpc) is 3.80. The van der Waals surface area contributed by atoms with Gasteiger partial charge in [-0.1, -0.05) is 60.7 Å². The van der Waals surface area contributed by atoms with Gasteiger partial charge in [0.25, 0.3) is 11.8 Å². The topological polar surface area (TPSA) is 82.6 Å². The molecule has 0 spiro atoms. The summed E-state index contributed by atoms with van der Waals surface area (Å²) in [5.74, 6) is -0.507. The summed E-state index contributed by atoms with van der Waals surface area (Å²) in [6.07, 6.45) is 5.19. The maximum absolute atomic E-state index is 12.9. The van der Waals surface area contributed by atoms with E-state index in [9.17, 15) is 14.7 Å². The van der Waals surface area contributed by atoms with Gasteiger partial charge in [-0.15, -0.1) is 0 Å². The highest BCUT2D eigenvalue weighted by molar-refractivity contribution is 6.21. The Balaban J connectivity index is 1.07. The average molecular weight is 596 g/mol. The molecule has 7 rings (SSSR count). The summed E-state index contributed by atoms with van der Waals surface area (Å²) in [5, 5.41) is 9.54. The van der Waals surface area contributed by atoms with Crippen LogP contribution < -0.4 is 0 Å². The molecule has 0 unspecified atom stereocenters. The number of carbonyl (C=O) groups excluding carboxylic acids is 2. The van der Waals surface area contributed by atoms with Crippen molar-refractivity contribution < 1.29 is 24.2 Å². The molecule has 1 N–H and O–H groups in total. The van der Waals surface area contributed by atoms with Gasteiger partial charge in [-0.25, -0.2) is 0 Å². The highest BCUT2D eigenvalue weighted by atomic mass is 16.7. The molecule has 0 saturated carbocycles. The van der Waals surface area contributed by atoms with Crippen LogP contribution in [0.25, 0.3) is 0 Å². The number of hydrogen-bond donors (Lipinski definition) is 1. The van der Waals surface area contributed by atoms with Crippen molar-refractivity contribution in [2.24, 2.45) is 0 Å². The van der Waals surface area contributed by atoms with Crippen LogP contribution in [0.2, 0.25) is 0 Å². The van der Waals surface area contributed by atoms with Gasteiger partial charge in [0.05, 0.1) is 36.5 Å². The zero-order valence-corrected chi connectivity index (χ0v) is 25.1. The minimum absolute atomic E-state index is 0.00784. The lowest BCUT2D eigenvalue weighted by molar-refractivity contribution is -0.253. The van der Waals surface area contributed by atoms with Gasteiger partial charge in [-0.05, 0) is 74.1 Å². The van der Waals surface area contributed by atoms with E-state index in [-0.39, 0.29) is 37.2 Å². The van der Waals surface area contributed by atoms with Gasteiger partial charge < -0.3 is 19.5 Å². The van der Waals surface area contributed by atoms with E-state index in [0.29, 0.717) is 17.2 Å². The smallest absolute Gasteiger partial charge is 0.261 e. The molecule has 4 heterocycles. The van der Waals surface area contributed by atoms with E-state index in [1.807, 2.05) is 48.5 Å². The molecule has 8 nitrogen and oxygen atoms in total. The van der Waals surface area contributed by atoms with Crippen molar-refractivity contribution >= 4 is 11.8 Å². The number of benzene rings is 3. The number of amides is 2. The predicted octanol–water partition coefficient (Wildman–Crippen LogP) is 5.08. The quantitative estimate of drug-likeness (QED) is 0.346. The second-order valence-electron chi connectivity index (χ2n) is 12.6. The largest absolute Gasteiger partial charge is 0.392 e. The van der Waals surface area contributed by atoms with E-state index in [1.165, 1.54) is 43.7 Å². The Bertz CT molecular complexity index is 1430. The number of imide groups is 1. The Kier molecular flexibility index (Phi) is 8.60. The first-order chi connectivity index (χ1) is 21.6. The summed E-state index contributed by atoms with van der Waals surface area (Å²) in [6.45, 7) is 5.79. The standard InChI is InChI=1S/C36H41N3O5/c40-24-26-11-13-27(14-12-26)33-20-30(23-38-19-5-6-29(38)22-37-17-3-4-18-37)43-36(44-33)28-15-9-25(10-16-28)21-39-34(41)31-7-1-2-8-32(31)35(39)42/h1-2,7-16,29-30,33,36,40H,3-6,17-24H2/t29-,30-,33+,36+/m0/s1. The van der Waals surface area contributed by atoms with Crippen molar-refractivity contribution in [3.05, 3.63) is 106 Å². The zero-order valence-electron chi connectivity index (χ0n) is 25.1. The minimum atomic E-state index is -0.538. The van der Waals surface area contributed by atoms with Gasteiger partial charge in [0.15, 0.2) is 6.29 Å². The van der Waals surface area contributed by atoms with Gasteiger partial charge in [0.2, 0.25) is 0 Å². The SMILES string of the molecule is O=C1c2ccccc2C(=O)N1Cc1ccc([C@@H]2O[C@H](CN3CCC[C@H]3CN3CCCC3)C[C@H](c3ccc(CO)cc3)O2)cc1. The third-order valence-corrected chi connectivity index (χ3v) is 9.69. The normalized spacial score (nSPS) is 26.1. The Hall–Kier alpha value is -3.40. The maximum atomic E-state index is 12.9. The first kappa shape index (κ1) is 29.3. The molecule has 3 aromatic carbocycles. The summed E-state index contributed by atoms with van der Waals surface area (Å²) >= 11 is 0. The summed E-state index contributed by atoms with van der Waals surface area (Å²) in [7, 11) is 0. The van der Waals surface area contributed by atoms with Gasteiger partial charge in [-0.3, -0.25) is 19.4 Å². The monoisotopic (exact) mass is 595 g/mol. The third-order valence-electron chi connectivity index (χ3n) is 9.69. The molecule has 0 aromatic heterocycles. The molecule has 8 heteroatoms. The molecule has 44 heavy (non-hydrogen) atoms. The number of ether oxygens (including phenoxy) is 2. The fraction of sp³-hybridized carbons (Fsp3) is 0.444. The lowest BCUT2D eigenvalue weighted by Crippen LogP contribution is -2.45. The fourth-order valence-corrected chi connectivity index (χ4v) is 7.25. The third kappa shape index (κ3) is 6.10. The predicted molar refractivity (Wildman–Crippen MR) is 166 cm³/mol. The van der Waals surface area contributed by atoms with E-state index in [0.717, 1.165) is 48.3 Å². The molecule has 3 aromatic rings. The summed E-state index contributed by atoms with van der Waals surface area (Å²) in [4.78, 5) is 32.3. The molecular weight excluding hydrogens is 554 g/mol. The number of fused-ring (bicyclic) bond motifs is 1. The van der Waals surface area contributed by atoms with E-state index in [4.69, 9.17) is 9.47 Å². The van der Waals surface area contributed by atoms with Crippen LogP contribution in [0.5, 0.6) is 0 Å². The number of likely N-dealkylation sites (tertiary alicyclic amines) is 2. The Morgan fingerprint density at radius 1 is 0.727 bits per heavy atom. The second-order valence-corrected chi connectivity index (χ2v) is 12.6. The first-order valence-corrected chi connectivity index (χ1v) is 16.1. The number of hydrogen-bond acceptors (Lipinski definition) is 7. The van der Waals surface area contributed by atoms with E-state index < -0.39 is 6.29 Å². The van der Waals surface area contributed by atoms with Crippen LogP contribution >= 0.6 is 0 Å². The molecule has 230 valence electrons. The van der Waals surface area contributed by atoms with Crippen LogP contribution in [0.1, 0.15) is 87.5 Å². The van der Waals surface area contributed by atoms with Crippen molar-refractivity contribution in [1.82, 2.24) is 14.7 Å². The van der Waals surface area contributed by atoms with E-state index in [2.05, 4.69) is 9.80 Å². The summed E-state index contributed by atoms with van der Waals surface area (Å²) < 4.78 is 13.2. The number of aliphatic hydroxyl groups is 1. The molecule has 4 aliphatic rings. The van der Waals surface area contributed by atoms with Crippen LogP contribution in [0, 0.1) is 0 Å². The van der Waals surface area contributed by atoms with Crippen LogP contribution in [-0.4, -0.2) is 76.5 Å². The van der Waals surface area contributed by atoms with Gasteiger partial charge in [0, 0.05) is 31.1 Å². The molecule has 4 atom stereocenters. The Labute approximate surface area is 259 Å². The molecule has 0 aliphatic carbocycles. The molecule has 3 saturated heterocycles. The van der Waals surface area contributed by atoms with Crippen LogP contribution in [0.15, 0.2) is 72.8 Å². The molecule has 3 fully saturated rings. The summed E-state index contributed by atoms with van der Waals surface area (Å²) in [6, 6.07) is 23.4. The number of rotatable bonds is 9.